The Morgan fingerprint density at radius 3 is 1.00 bits per heavy atom. The van der Waals surface area contributed by atoms with Gasteiger partial charge in [0.15, 0.2) is 0 Å². The van der Waals surface area contributed by atoms with Crippen LogP contribution in [0.5, 0.6) is 0 Å². The first-order chi connectivity index (χ1) is 0. The maximum absolute atomic E-state index is 0. The predicted molar refractivity (Wildman–Crippen MR) is 11.8 cm³/mol. The maximum Gasteiger partial charge on any atom is 0 e. The zero-order valence-corrected chi connectivity index (χ0v) is 8.02. The normalized spacial score (nSPS) is 0. The van der Waals surface area contributed by atoms with Gasteiger partial charge in [0.1, 0.15) is 0 Å². The van der Waals surface area contributed by atoms with E-state index in [1.165, 1.54) is 0 Å². The van der Waals surface area contributed by atoms with E-state index in [4.69, 9.17) is 0 Å². The molecule has 0 amide bonds. The Bertz CT molecular complexity index is 8.00. The van der Waals surface area contributed by atoms with Crippen molar-refractivity contribution in [2.75, 3.05) is 0 Å². The van der Waals surface area contributed by atoms with Crippen LogP contribution >= 0.6 is 0 Å². The summed E-state index contributed by atoms with van der Waals surface area (Å²) in [5.41, 5.74) is 0. The zero-order valence-electron chi connectivity index (χ0n) is 1.65. The largest absolute Gasteiger partial charge is 0.344 e. The van der Waals surface area contributed by atoms with Crippen LogP contribution < -0.4 is 6.15 Å². The number of hydrogen-bond acceptors (Lipinski definition) is 1. The Kier molecular flexibility index (Phi) is 231. The van der Waals surface area contributed by atoms with Crippen LogP contribution in [0.3, 0.4) is 0 Å². The molecular weight excluding hydrogens is 357 g/mol. The summed E-state index contributed by atoms with van der Waals surface area (Å²) < 4.78 is 0. The Hall–Kier alpha value is 1.75. The molecule has 3 heteroatoms. The van der Waals surface area contributed by atoms with Gasteiger partial charge in [0.25, 0.3) is 0 Å². The fourth-order valence-electron chi connectivity index (χ4n) is 0. The van der Waals surface area contributed by atoms with E-state index in [0.29, 0.717) is 0 Å². The van der Waals surface area contributed by atoms with Crippen LogP contribution in [0.1, 0.15) is 7.43 Å². The molecule has 0 aliphatic carbocycles. The third kappa shape index (κ3) is 9.26. The molecule has 25 valence electrons. The van der Waals surface area contributed by atoms with Crippen LogP contribution in [0, 0.1) is 31.1 Å². The molecule has 0 aromatic rings. The van der Waals surface area contributed by atoms with Crippen LogP contribution in [0.2, 0.25) is 0 Å². The van der Waals surface area contributed by atoms with Crippen LogP contribution in [-0.2, 0) is 22.4 Å². The van der Waals surface area contributed by atoms with Crippen molar-refractivity contribution in [3.63, 3.8) is 0 Å². The number of hydrogen-bond donors (Lipinski definition) is 1. The van der Waals surface area contributed by atoms with Crippen molar-refractivity contribution in [3.8, 4) is 0 Å². The maximum atomic E-state index is 0. The van der Waals surface area contributed by atoms with Gasteiger partial charge in [-0.05, 0) is 0 Å². The molecule has 0 aliphatic rings. The Balaban J connectivity index is 0. The SMILES string of the molecule is C.N.[Nb].[U]. The van der Waals surface area contributed by atoms with E-state index in [-0.39, 0.29) is 67.1 Å². The minimum atomic E-state index is 0. The molecule has 1 nitrogen and oxygen atoms in total. The molecule has 0 aromatic carbocycles. The minimum absolute atomic E-state index is 0. The molecule has 4 heavy (non-hydrogen) atoms. The van der Waals surface area contributed by atoms with Gasteiger partial charge in [0.2, 0.25) is 0 Å². The van der Waals surface area contributed by atoms with Gasteiger partial charge in [-0.15, -0.1) is 0 Å². The molecule has 0 rings (SSSR count). The molecular formula is CH7NNbU. The molecule has 0 spiro atoms. The Morgan fingerprint density at radius 1 is 1.00 bits per heavy atom. The number of rotatable bonds is 0. The van der Waals surface area contributed by atoms with Crippen LogP contribution in [0.4, 0.5) is 0 Å². The van der Waals surface area contributed by atoms with E-state index in [1.54, 1.807) is 0 Å². The summed E-state index contributed by atoms with van der Waals surface area (Å²) in [5, 5.41) is 0. The standard InChI is InChI=1S/CH4.H3N.Nb.U/h1H4;1H3;;. The Morgan fingerprint density at radius 2 is 1.00 bits per heavy atom. The van der Waals surface area contributed by atoms with Gasteiger partial charge in [0.05, 0.1) is 0 Å². The second-order valence-electron chi connectivity index (χ2n) is 0. The van der Waals surface area contributed by atoms with E-state index in [1.807, 2.05) is 0 Å². The van der Waals surface area contributed by atoms with Gasteiger partial charge in [0, 0.05) is 53.5 Å². The molecule has 0 heterocycles. The van der Waals surface area contributed by atoms with Gasteiger partial charge in [-0.2, -0.15) is 0 Å². The topological polar surface area (TPSA) is 35.0 Å². The van der Waals surface area contributed by atoms with Crippen molar-refractivity contribution < 1.29 is 53.5 Å². The zero-order chi connectivity index (χ0) is 0. The first-order valence-corrected chi connectivity index (χ1v) is 0. The summed E-state index contributed by atoms with van der Waals surface area (Å²) in [4.78, 5) is 0. The average Bonchev–Trinajstić information content (AvgIpc) is 0. The van der Waals surface area contributed by atoms with Crippen molar-refractivity contribution >= 4 is 0 Å². The summed E-state index contributed by atoms with van der Waals surface area (Å²) in [6.45, 7) is 0. The molecule has 0 aliphatic heterocycles. The third-order valence-electron chi connectivity index (χ3n) is 0. The molecule has 0 fully saturated rings. The van der Waals surface area contributed by atoms with Crippen molar-refractivity contribution in [1.82, 2.24) is 6.15 Å². The van der Waals surface area contributed by atoms with Crippen molar-refractivity contribution in [1.29, 1.82) is 0 Å². The second-order valence-corrected chi connectivity index (χ2v) is 0. The van der Waals surface area contributed by atoms with Crippen LogP contribution in [0.25, 0.3) is 0 Å². The monoisotopic (exact) mass is 364 g/mol. The second kappa shape index (κ2) is 21.8. The fourth-order valence-corrected chi connectivity index (χ4v) is 0. The third-order valence-corrected chi connectivity index (χ3v) is 0. The van der Waals surface area contributed by atoms with Crippen LogP contribution in [0.15, 0.2) is 0 Å². The van der Waals surface area contributed by atoms with Gasteiger partial charge >= 0.3 is 0 Å². The van der Waals surface area contributed by atoms with E-state index in [2.05, 4.69) is 0 Å². The molecule has 3 N–H and O–H groups in total. The summed E-state index contributed by atoms with van der Waals surface area (Å²) in [7, 11) is 0. The smallest absolute Gasteiger partial charge is 0 e. The van der Waals surface area contributed by atoms with Crippen LogP contribution in [-0.4, -0.2) is 0 Å². The quantitative estimate of drug-likeness (QED) is 0.635. The summed E-state index contributed by atoms with van der Waals surface area (Å²) in [5.74, 6) is 0. The van der Waals surface area contributed by atoms with Gasteiger partial charge in [-0.25, -0.2) is 0 Å². The summed E-state index contributed by atoms with van der Waals surface area (Å²) in [6.07, 6.45) is 0. The first kappa shape index (κ1) is 42.3. The van der Waals surface area contributed by atoms with E-state index < -0.39 is 0 Å². The molecule has 0 atom stereocenters. The minimum Gasteiger partial charge on any atom is -0.344 e. The molecule has 0 saturated heterocycles. The fraction of sp³-hybridized carbons (Fsp3) is 1.00. The van der Waals surface area contributed by atoms with Crippen molar-refractivity contribution in [2.45, 2.75) is 7.43 Å². The molecule has 0 bridgehead atoms. The molecule has 0 aromatic heterocycles. The van der Waals surface area contributed by atoms with E-state index >= 15 is 0 Å². The average molecular weight is 364 g/mol. The molecule has 0 saturated carbocycles. The summed E-state index contributed by atoms with van der Waals surface area (Å²) >= 11 is 0. The van der Waals surface area contributed by atoms with Gasteiger partial charge in [-0.1, -0.05) is 7.43 Å². The summed E-state index contributed by atoms with van der Waals surface area (Å²) in [6, 6.07) is 0. The molecule has 1 radical (unpaired) electrons. The van der Waals surface area contributed by atoms with Gasteiger partial charge in [-0.3, -0.25) is 0 Å². The predicted octanol–water partition coefficient (Wildman–Crippen LogP) is 0.796. The molecule has 0 unspecified atom stereocenters. The van der Waals surface area contributed by atoms with Gasteiger partial charge < -0.3 is 6.15 Å². The van der Waals surface area contributed by atoms with E-state index in [9.17, 15) is 0 Å². The van der Waals surface area contributed by atoms with E-state index in [0.717, 1.165) is 0 Å². The van der Waals surface area contributed by atoms with Crippen molar-refractivity contribution in [2.24, 2.45) is 0 Å². The first-order valence-electron chi connectivity index (χ1n) is 0. The Labute approximate surface area is 66.4 Å². The van der Waals surface area contributed by atoms with Crippen molar-refractivity contribution in [3.05, 3.63) is 0 Å².